The Morgan fingerprint density at radius 2 is 2.28 bits per heavy atom. The van der Waals surface area contributed by atoms with E-state index in [9.17, 15) is 4.79 Å². The summed E-state index contributed by atoms with van der Waals surface area (Å²) in [7, 11) is 0. The molecular weight excluding hydrogens is 252 g/mol. The minimum Gasteiger partial charge on any atom is -0.398 e. The monoisotopic (exact) mass is 268 g/mol. The van der Waals surface area contributed by atoms with E-state index < -0.39 is 0 Å². The number of ether oxygens (including phenoxy) is 1. The summed E-state index contributed by atoms with van der Waals surface area (Å²) in [6, 6.07) is 4.97. The van der Waals surface area contributed by atoms with E-state index >= 15 is 0 Å². The molecule has 18 heavy (non-hydrogen) atoms. The van der Waals surface area contributed by atoms with E-state index in [4.69, 9.17) is 22.1 Å². The van der Waals surface area contributed by atoms with Crippen LogP contribution in [0.2, 0.25) is 5.02 Å². The topological polar surface area (TPSA) is 64.3 Å². The maximum absolute atomic E-state index is 11.8. The van der Waals surface area contributed by atoms with Crippen LogP contribution in [-0.2, 0) is 4.74 Å². The van der Waals surface area contributed by atoms with Crippen LogP contribution >= 0.6 is 11.6 Å². The summed E-state index contributed by atoms with van der Waals surface area (Å²) < 4.78 is 5.27. The molecule has 1 amide bonds. The predicted octanol–water partition coefficient (Wildman–Crippen LogP) is 2.24. The number of amides is 1. The average molecular weight is 269 g/mol. The number of anilines is 1. The van der Waals surface area contributed by atoms with Gasteiger partial charge >= 0.3 is 0 Å². The van der Waals surface area contributed by atoms with Crippen molar-refractivity contribution in [3.05, 3.63) is 41.4 Å². The van der Waals surface area contributed by atoms with Gasteiger partial charge in [0.2, 0.25) is 0 Å². The van der Waals surface area contributed by atoms with Gasteiger partial charge in [0, 0.05) is 12.2 Å². The Balaban J connectivity index is 2.39. The van der Waals surface area contributed by atoms with Gasteiger partial charge in [-0.05, 0) is 18.6 Å². The molecule has 0 saturated heterocycles. The lowest BCUT2D eigenvalue weighted by Crippen LogP contribution is -2.28. The molecule has 0 unspecified atom stereocenters. The second kappa shape index (κ2) is 7.74. The van der Waals surface area contributed by atoms with Gasteiger partial charge < -0.3 is 15.8 Å². The summed E-state index contributed by atoms with van der Waals surface area (Å²) in [6.45, 7) is 5.06. The molecule has 0 aliphatic heterocycles. The van der Waals surface area contributed by atoms with E-state index in [1.165, 1.54) is 0 Å². The molecule has 1 aromatic rings. The lowest BCUT2D eigenvalue weighted by atomic mass is 10.1. The summed E-state index contributed by atoms with van der Waals surface area (Å²) in [5.41, 5.74) is 6.38. The summed E-state index contributed by atoms with van der Waals surface area (Å²) >= 11 is 5.92. The number of nitrogen functional groups attached to an aromatic ring is 1. The van der Waals surface area contributed by atoms with Crippen LogP contribution in [0, 0.1) is 0 Å². The minimum absolute atomic E-state index is 0.287. The molecule has 0 aliphatic carbocycles. The lowest BCUT2D eigenvalue weighted by Gasteiger charge is -2.09. The van der Waals surface area contributed by atoms with Gasteiger partial charge in [0.25, 0.3) is 5.91 Å². The highest BCUT2D eigenvalue weighted by molar-refractivity contribution is 6.34. The molecule has 1 aromatic carbocycles. The van der Waals surface area contributed by atoms with E-state index in [-0.39, 0.29) is 5.91 Å². The van der Waals surface area contributed by atoms with E-state index in [0.29, 0.717) is 36.0 Å². The fourth-order valence-electron chi connectivity index (χ4n) is 1.37. The van der Waals surface area contributed by atoms with Crippen molar-refractivity contribution in [3.8, 4) is 0 Å². The summed E-state index contributed by atoms with van der Waals surface area (Å²) in [5, 5.41) is 3.05. The SMILES string of the molecule is C=CCCOCCNC(=O)c1c(N)cccc1Cl. The van der Waals surface area contributed by atoms with Crippen LogP contribution in [0.5, 0.6) is 0 Å². The highest BCUT2D eigenvalue weighted by Gasteiger charge is 2.12. The largest absolute Gasteiger partial charge is 0.398 e. The lowest BCUT2D eigenvalue weighted by molar-refractivity contribution is 0.0919. The molecule has 0 aromatic heterocycles. The van der Waals surface area contributed by atoms with Crippen molar-refractivity contribution in [2.75, 3.05) is 25.5 Å². The van der Waals surface area contributed by atoms with Crippen molar-refractivity contribution in [1.29, 1.82) is 0 Å². The van der Waals surface area contributed by atoms with Crippen molar-refractivity contribution < 1.29 is 9.53 Å². The summed E-state index contributed by atoms with van der Waals surface area (Å²) in [6.07, 6.45) is 2.58. The number of carbonyl (C=O) groups is 1. The Kier molecular flexibility index (Phi) is 6.25. The number of hydrogen-bond acceptors (Lipinski definition) is 3. The number of halogens is 1. The Bertz CT molecular complexity index is 401. The minimum atomic E-state index is -0.287. The third-order valence-corrected chi connectivity index (χ3v) is 2.59. The zero-order chi connectivity index (χ0) is 13.4. The zero-order valence-electron chi connectivity index (χ0n) is 10.1. The van der Waals surface area contributed by atoms with Crippen LogP contribution in [0.25, 0.3) is 0 Å². The second-order valence-corrected chi connectivity index (χ2v) is 4.06. The van der Waals surface area contributed by atoms with Gasteiger partial charge in [-0.25, -0.2) is 0 Å². The first kappa shape index (κ1) is 14.5. The molecule has 0 spiro atoms. The number of rotatable bonds is 7. The molecule has 98 valence electrons. The highest BCUT2D eigenvalue weighted by Crippen LogP contribution is 2.21. The third-order valence-electron chi connectivity index (χ3n) is 2.27. The van der Waals surface area contributed by atoms with Crippen molar-refractivity contribution in [2.24, 2.45) is 0 Å². The number of carbonyl (C=O) groups excluding carboxylic acids is 1. The number of nitrogens with two attached hydrogens (primary N) is 1. The first-order valence-corrected chi connectivity index (χ1v) is 6.05. The first-order valence-electron chi connectivity index (χ1n) is 5.67. The quantitative estimate of drug-likeness (QED) is 0.453. The van der Waals surface area contributed by atoms with Crippen LogP contribution in [0.3, 0.4) is 0 Å². The van der Waals surface area contributed by atoms with Gasteiger partial charge in [0.15, 0.2) is 0 Å². The Morgan fingerprint density at radius 1 is 1.50 bits per heavy atom. The second-order valence-electron chi connectivity index (χ2n) is 3.65. The number of hydrogen-bond donors (Lipinski definition) is 2. The molecule has 3 N–H and O–H groups in total. The molecule has 0 saturated carbocycles. The molecule has 5 heteroatoms. The maximum atomic E-state index is 11.8. The van der Waals surface area contributed by atoms with Crippen LogP contribution in [0.4, 0.5) is 5.69 Å². The van der Waals surface area contributed by atoms with Crippen molar-refractivity contribution >= 4 is 23.2 Å². The van der Waals surface area contributed by atoms with Gasteiger partial charge in [0.1, 0.15) is 0 Å². The standard InChI is InChI=1S/C13H17ClN2O2/c1-2-3-8-18-9-7-16-13(17)12-10(14)5-4-6-11(12)15/h2,4-6H,1,3,7-9,15H2,(H,16,17). The maximum Gasteiger partial charge on any atom is 0.254 e. The van der Waals surface area contributed by atoms with Gasteiger partial charge in [0.05, 0.1) is 23.8 Å². The summed E-state index contributed by atoms with van der Waals surface area (Å²) in [5.74, 6) is -0.287. The van der Waals surface area contributed by atoms with Crippen molar-refractivity contribution in [3.63, 3.8) is 0 Å². The molecule has 4 nitrogen and oxygen atoms in total. The third kappa shape index (κ3) is 4.39. The molecule has 0 aliphatic rings. The van der Waals surface area contributed by atoms with Gasteiger partial charge in [-0.1, -0.05) is 23.7 Å². The fourth-order valence-corrected chi connectivity index (χ4v) is 1.64. The molecule has 0 atom stereocenters. The Hall–Kier alpha value is -1.52. The van der Waals surface area contributed by atoms with Crippen molar-refractivity contribution in [1.82, 2.24) is 5.32 Å². The van der Waals surface area contributed by atoms with E-state index in [1.54, 1.807) is 24.3 Å². The normalized spacial score (nSPS) is 10.1. The Labute approximate surface area is 112 Å². The molecule has 0 fully saturated rings. The van der Waals surface area contributed by atoms with E-state index in [2.05, 4.69) is 11.9 Å². The average Bonchev–Trinajstić information content (AvgIpc) is 2.33. The smallest absolute Gasteiger partial charge is 0.254 e. The van der Waals surface area contributed by atoms with Crippen LogP contribution in [-0.4, -0.2) is 25.7 Å². The highest BCUT2D eigenvalue weighted by atomic mass is 35.5. The van der Waals surface area contributed by atoms with Crippen LogP contribution < -0.4 is 11.1 Å². The fraction of sp³-hybridized carbons (Fsp3) is 0.308. The van der Waals surface area contributed by atoms with Gasteiger partial charge in [-0.15, -0.1) is 6.58 Å². The zero-order valence-corrected chi connectivity index (χ0v) is 10.9. The van der Waals surface area contributed by atoms with Crippen LogP contribution in [0.15, 0.2) is 30.9 Å². The van der Waals surface area contributed by atoms with E-state index in [1.807, 2.05) is 0 Å². The van der Waals surface area contributed by atoms with E-state index in [0.717, 1.165) is 6.42 Å². The molecule has 1 rings (SSSR count). The predicted molar refractivity (Wildman–Crippen MR) is 73.8 cm³/mol. The van der Waals surface area contributed by atoms with Crippen molar-refractivity contribution in [2.45, 2.75) is 6.42 Å². The van der Waals surface area contributed by atoms with Gasteiger partial charge in [-0.2, -0.15) is 0 Å². The Morgan fingerprint density at radius 3 is 2.94 bits per heavy atom. The number of nitrogens with one attached hydrogen (secondary N) is 1. The van der Waals surface area contributed by atoms with Crippen LogP contribution in [0.1, 0.15) is 16.8 Å². The molecular formula is C13H17ClN2O2. The number of benzene rings is 1. The molecule has 0 radical (unpaired) electrons. The first-order chi connectivity index (χ1) is 8.66. The molecule has 0 bridgehead atoms. The molecule has 0 heterocycles. The van der Waals surface area contributed by atoms with Gasteiger partial charge in [-0.3, -0.25) is 4.79 Å². The summed E-state index contributed by atoms with van der Waals surface area (Å²) in [4.78, 5) is 11.8.